The molecule has 2 aliphatic heterocycles. The number of alkyl halides is 2. The van der Waals surface area contributed by atoms with Gasteiger partial charge < -0.3 is 9.88 Å². The largest absolute Gasteiger partial charge is 0.334 e. The Balaban J connectivity index is 1.45. The number of hydrogen-bond donors (Lipinski definition) is 1. The average Bonchev–Trinajstić information content (AvgIpc) is 3.39. The van der Waals surface area contributed by atoms with Crippen molar-refractivity contribution >= 4 is 5.91 Å². The number of amides is 1. The second-order valence-electron chi connectivity index (χ2n) is 11.7. The van der Waals surface area contributed by atoms with E-state index in [0.29, 0.717) is 30.5 Å². The quantitative estimate of drug-likeness (QED) is 0.487. The summed E-state index contributed by atoms with van der Waals surface area (Å²) in [6, 6.07) is 11.2. The molecule has 0 radical (unpaired) electrons. The Morgan fingerprint density at radius 3 is 2.24 bits per heavy atom. The third kappa shape index (κ3) is 4.82. The van der Waals surface area contributed by atoms with Crippen LogP contribution in [0.15, 0.2) is 30.3 Å². The fourth-order valence-corrected chi connectivity index (χ4v) is 7.30. The van der Waals surface area contributed by atoms with Crippen molar-refractivity contribution in [1.82, 2.24) is 25.0 Å². The lowest BCUT2D eigenvalue weighted by atomic mass is 9.83. The molecule has 3 aliphatic rings. The van der Waals surface area contributed by atoms with Crippen molar-refractivity contribution in [3.05, 3.63) is 47.5 Å². The molecular formula is C29H41F2N5O. The van der Waals surface area contributed by atoms with Crippen LogP contribution in [0.5, 0.6) is 0 Å². The fourth-order valence-electron chi connectivity index (χ4n) is 7.30. The molecule has 2 saturated heterocycles. The van der Waals surface area contributed by atoms with Gasteiger partial charge in [0.1, 0.15) is 17.3 Å². The lowest BCUT2D eigenvalue weighted by molar-refractivity contribution is -0.137. The summed E-state index contributed by atoms with van der Waals surface area (Å²) in [5, 5.41) is 12.4. The zero-order chi connectivity index (χ0) is 26.4. The van der Waals surface area contributed by atoms with Crippen LogP contribution >= 0.6 is 0 Å². The van der Waals surface area contributed by atoms with E-state index in [1.165, 1.54) is 0 Å². The second-order valence-corrected chi connectivity index (χ2v) is 11.7. The maximum Gasteiger partial charge on any atom is 0.248 e. The van der Waals surface area contributed by atoms with Crippen LogP contribution < -0.4 is 5.32 Å². The number of nitrogens with one attached hydrogen (secondary N) is 1. The first-order valence-corrected chi connectivity index (χ1v) is 14.1. The monoisotopic (exact) mass is 513 g/mol. The standard InChI is InChI=1S/C29H41F2N5O/c1-5-29(22-9-7-6-8-10-22,32-27(37)21-13-15-28(30,31)16-14-21)36-23-11-12-24(36)18-25(17-23)35-20(4)33-34-26(35)19(2)3/h6-10,19,21,23-25H,5,11-18H2,1-4H3,(H,32,37)/t23-,24-,29?/m0/s1. The minimum Gasteiger partial charge on any atom is -0.334 e. The van der Waals surface area contributed by atoms with Crippen LogP contribution in [-0.4, -0.2) is 43.6 Å². The highest BCUT2D eigenvalue weighted by Gasteiger charge is 2.53. The molecule has 1 aliphatic carbocycles. The van der Waals surface area contributed by atoms with E-state index in [9.17, 15) is 13.6 Å². The molecule has 8 heteroatoms. The van der Waals surface area contributed by atoms with E-state index in [-0.39, 0.29) is 37.5 Å². The molecule has 3 heterocycles. The predicted molar refractivity (Wildman–Crippen MR) is 139 cm³/mol. The van der Waals surface area contributed by atoms with Crippen molar-refractivity contribution in [3.63, 3.8) is 0 Å². The summed E-state index contributed by atoms with van der Waals surface area (Å²) in [5.41, 5.74) is 0.420. The summed E-state index contributed by atoms with van der Waals surface area (Å²) < 4.78 is 30.0. The summed E-state index contributed by atoms with van der Waals surface area (Å²) in [6.45, 7) is 8.51. The second kappa shape index (κ2) is 10.1. The molecule has 1 saturated carbocycles. The number of aryl methyl sites for hydroxylation is 1. The molecular weight excluding hydrogens is 472 g/mol. The predicted octanol–water partition coefficient (Wildman–Crippen LogP) is 6.08. The lowest BCUT2D eigenvalue weighted by Crippen LogP contribution is -2.64. The zero-order valence-electron chi connectivity index (χ0n) is 22.6. The van der Waals surface area contributed by atoms with E-state index >= 15 is 0 Å². The van der Waals surface area contributed by atoms with E-state index in [1.807, 2.05) is 25.1 Å². The zero-order valence-corrected chi connectivity index (χ0v) is 22.6. The number of benzene rings is 1. The number of rotatable bonds is 7. The van der Waals surface area contributed by atoms with Gasteiger partial charge in [-0.15, -0.1) is 10.2 Å². The first-order valence-electron chi connectivity index (χ1n) is 14.1. The Kier molecular flexibility index (Phi) is 7.16. The van der Waals surface area contributed by atoms with Crippen molar-refractivity contribution in [1.29, 1.82) is 0 Å². The van der Waals surface area contributed by atoms with Crippen LogP contribution in [0.2, 0.25) is 0 Å². The number of fused-ring (bicyclic) bond motifs is 2. The minimum absolute atomic E-state index is 0.0838. The van der Waals surface area contributed by atoms with Crippen molar-refractivity contribution in [3.8, 4) is 0 Å². The summed E-state index contributed by atoms with van der Waals surface area (Å²) in [7, 11) is 0. The molecule has 2 bridgehead atoms. The molecule has 1 unspecified atom stereocenters. The van der Waals surface area contributed by atoms with Gasteiger partial charge in [0.05, 0.1) is 0 Å². The molecule has 3 atom stereocenters. The molecule has 1 aromatic heterocycles. The first-order chi connectivity index (χ1) is 17.6. The number of carbonyl (C=O) groups is 1. The van der Waals surface area contributed by atoms with Gasteiger partial charge in [-0.2, -0.15) is 0 Å². The molecule has 2 aromatic rings. The summed E-state index contributed by atoms with van der Waals surface area (Å²) in [5.74, 6) is -0.777. The van der Waals surface area contributed by atoms with Gasteiger partial charge >= 0.3 is 0 Å². The smallest absolute Gasteiger partial charge is 0.248 e. The number of nitrogens with zero attached hydrogens (tertiary/aromatic N) is 4. The normalized spacial score (nSPS) is 27.8. The summed E-state index contributed by atoms with van der Waals surface area (Å²) >= 11 is 0. The lowest BCUT2D eigenvalue weighted by Gasteiger charge is -2.52. The van der Waals surface area contributed by atoms with Crippen molar-refractivity contribution in [2.24, 2.45) is 5.92 Å². The van der Waals surface area contributed by atoms with E-state index < -0.39 is 11.6 Å². The van der Waals surface area contributed by atoms with Crippen LogP contribution in [0.1, 0.15) is 108 Å². The molecule has 1 N–H and O–H groups in total. The highest BCUT2D eigenvalue weighted by Crippen LogP contribution is 2.49. The van der Waals surface area contributed by atoms with Gasteiger partial charge in [0.15, 0.2) is 0 Å². The van der Waals surface area contributed by atoms with E-state index in [1.54, 1.807) is 0 Å². The van der Waals surface area contributed by atoms with Gasteiger partial charge in [-0.25, -0.2) is 8.78 Å². The van der Waals surface area contributed by atoms with Crippen LogP contribution in [0.25, 0.3) is 0 Å². The van der Waals surface area contributed by atoms with Crippen LogP contribution in [-0.2, 0) is 10.5 Å². The molecule has 202 valence electrons. The van der Waals surface area contributed by atoms with Crippen LogP contribution in [0, 0.1) is 12.8 Å². The Hall–Kier alpha value is -2.35. The number of hydrogen-bond acceptors (Lipinski definition) is 4. The molecule has 37 heavy (non-hydrogen) atoms. The fraction of sp³-hybridized carbons (Fsp3) is 0.690. The van der Waals surface area contributed by atoms with Gasteiger partial charge in [-0.1, -0.05) is 51.1 Å². The molecule has 5 rings (SSSR count). The number of halogens is 2. The molecule has 0 spiro atoms. The van der Waals surface area contributed by atoms with Crippen molar-refractivity contribution in [2.75, 3.05) is 0 Å². The summed E-state index contributed by atoms with van der Waals surface area (Å²) in [4.78, 5) is 16.2. The van der Waals surface area contributed by atoms with Gasteiger partial charge in [0, 0.05) is 42.8 Å². The highest BCUT2D eigenvalue weighted by atomic mass is 19.3. The Morgan fingerprint density at radius 1 is 1.05 bits per heavy atom. The molecule has 1 aromatic carbocycles. The van der Waals surface area contributed by atoms with Crippen LogP contribution in [0.4, 0.5) is 8.78 Å². The van der Waals surface area contributed by atoms with Gasteiger partial charge in [-0.3, -0.25) is 9.69 Å². The third-order valence-electron chi connectivity index (χ3n) is 9.10. The SMILES string of the molecule is CCC(NC(=O)C1CCC(F)(F)CC1)(c1ccccc1)N1[C@H]2CC[C@H]1CC(n1c(C)nnc1C(C)C)C2. The van der Waals surface area contributed by atoms with Gasteiger partial charge in [0.2, 0.25) is 11.8 Å². The molecule has 3 fully saturated rings. The first kappa shape index (κ1) is 26.3. The third-order valence-corrected chi connectivity index (χ3v) is 9.10. The Morgan fingerprint density at radius 2 is 1.68 bits per heavy atom. The van der Waals surface area contributed by atoms with Gasteiger partial charge in [0.25, 0.3) is 0 Å². The topological polar surface area (TPSA) is 63.1 Å². The van der Waals surface area contributed by atoms with E-state index in [0.717, 1.165) is 42.9 Å². The number of piperidine rings is 1. The van der Waals surface area contributed by atoms with Crippen molar-refractivity contribution < 1.29 is 13.6 Å². The maximum absolute atomic E-state index is 13.8. The molecule has 6 nitrogen and oxygen atoms in total. The average molecular weight is 514 g/mol. The number of carbonyl (C=O) groups excluding carboxylic acids is 1. The maximum atomic E-state index is 13.8. The van der Waals surface area contributed by atoms with Gasteiger partial charge in [-0.05, 0) is 57.4 Å². The number of aromatic nitrogens is 3. The van der Waals surface area contributed by atoms with E-state index in [2.05, 4.69) is 57.9 Å². The Labute approximate surface area is 219 Å². The molecule has 1 amide bonds. The Bertz CT molecular complexity index is 1080. The minimum atomic E-state index is -2.64. The van der Waals surface area contributed by atoms with Crippen molar-refractivity contribution in [2.45, 2.75) is 121 Å². The van der Waals surface area contributed by atoms with E-state index in [4.69, 9.17) is 0 Å². The highest BCUT2D eigenvalue weighted by molar-refractivity contribution is 5.79. The van der Waals surface area contributed by atoms with Crippen LogP contribution in [0.3, 0.4) is 0 Å². The summed E-state index contributed by atoms with van der Waals surface area (Å²) in [6.07, 6.45) is 4.92.